The van der Waals surface area contributed by atoms with Crippen molar-refractivity contribution in [1.29, 1.82) is 0 Å². The molecule has 0 fully saturated rings. The number of carbonyl (C=O) groups excluding carboxylic acids is 1. The van der Waals surface area contributed by atoms with Gasteiger partial charge in [-0.25, -0.2) is 0 Å². The van der Waals surface area contributed by atoms with E-state index in [1.165, 1.54) is 0 Å². The minimum atomic E-state index is -0.814. The summed E-state index contributed by atoms with van der Waals surface area (Å²) in [5.74, 6) is 0.690. The number of methoxy groups -OCH3 is 1. The quantitative estimate of drug-likeness (QED) is 0.758. The summed E-state index contributed by atoms with van der Waals surface area (Å²) in [6.07, 6.45) is 2.46. The Morgan fingerprint density at radius 1 is 1.08 bits per heavy atom. The van der Waals surface area contributed by atoms with Crippen LogP contribution in [0.25, 0.3) is 10.8 Å². The van der Waals surface area contributed by atoms with Crippen LogP contribution in [0.3, 0.4) is 0 Å². The molecule has 0 aliphatic heterocycles. The fourth-order valence-corrected chi connectivity index (χ4v) is 2.87. The highest BCUT2D eigenvalue weighted by Crippen LogP contribution is 2.32. The molecule has 0 aliphatic carbocycles. The lowest BCUT2D eigenvalue weighted by atomic mass is 9.98. The van der Waals surface area contributed by atoms with Gasteiger partial charge in [-0.15, -0.1) is 0 Å². The van der Waals surface area contributed by atoms with Gasteiger partial charge in [0.05, 0.1) is 7.11 Å². The highest BCUT2D eigenvalue weighted by molar-refractivity contribution is 6.06. The van der Waals surface area contributed by atoms with Gasteiger partial charge in [0.15, 0.2) is 0 Å². The fraction of sp³-hybridized carbons (Fsp3) is 0.450. The standard InChI is InChI=1S/C20H27NO3/c1-5-13-20(3,24-14-6-2)19(22)21-17-11-12-18(23-4)16-10-8-7-9-15(16)17/h7-12H,5-6,13-14H2,1-4H3,(H,21,22)/t20-/m0/s1. The number of anilines is 1. The zero-order valence-corrected chi connectivity index (χ0v) is 15.0. The van der Waals surface area contributed by atoms with Crippen LogP contribution in [-0.4, -0.2) is 25.2 Å². The number of carbonyl (C=O) groups is 1. The maximum atomic E-state index is 12.9. The average Bonchev–Trinajstić information content (AvgIpc) is 2.60. The highest BCUT2D eigenvalue weighted by atomic mass is 16.5. The molecule has 4 nitrogen and oxygen atoms in total. The molecule has 0 radical (unpaired) electrons. The van der Waals surface area contributed by atoms with Crippen molar-refractivity contribution in [2.24, 2.45) is 0 Å². The molecule has 1 N–H and O–H groups in total. The molecule has 0 bridgehead atoms. The molecule has 2 rings (SSSR count). The molecule has 1 atom stereocenters. The molecule has 0 aromatic heterocycles. The van der Waals surface area contributed by atoms with Gasteiger partial charge >= 0.3 is 0 Å². The summed E-state index contributed by atoms with van der Waals surface area (Å²) in [5, 5.41) is 4.99. The number of amides is 1. The molecule has 0 heterocycles. The highest BCUT2D eigenvalue weighted by Gasteiger charge is 2.33. The summed E-state index contributed by atoms with van der Waals surface area (Å²) in [6.45, 7) is 6.55. The van der Waals surface area contributed by atoms with Crippen LogP contribution in [0.2, 0.25) is 0 Å². The van der Waals surface area contributed by atoms with Gasteiger partial charge in [0, 0.05) is 23.1 Å². The fourth-order valence-electron chi connectivity index (χ4n) is 2.87. The zero-order chi connectivity index (χ0) is 17.6. The van der Waals surface area contributed by atoms with Crippen LogP contribution < -0.4 is 10.1 Å². The third-order valence-corrected chi connectivity index (χ3v) is 4.18. The van der Waals surface area contributed by atoms with E-state index < -0.39 is 5.60 Å². The smallest absolute Gasteiger partial charge is 0.256 e. The Bertz CT molecular complexity index is 698. The number of nitrogens with one attached hydrogen (secondary N) is 1. The van der Waals surface area contributed by atoms with E-state index in [2.05, 4.69) is 12.2 Å². The number of hydrogen-bond acceptors (Lipinski definition) is 3. The van der Waals surface area contributed by atoms with Gasteiger partial charge in [-0.1, -0.05) is 44.5 Å². The van der Waals surface area contributed by atoms with E-state index in [0.717, 1.165) is 35.1 Å². The van der Waals surface area contributed by atoms with Crippen molar-refractivity contribution in [2.75, 3.05) is 19.0 Å². The van der Waals surface area contributed by atoms with Gasteiger partial charge in [0.25, 0.3) is 5.91 Å². The van der Waals surface area contributed by atoms with Crippen LogP contribution >= 0.6 is 0 Å². The molecule has 130 valence electrons. The maximum Gasteiger partial charge on any atom is 0.256 e. The minimum Gasteiger partial charge on any atom is -0.496 e. The first-order valence-corrected chi connectivity index (χ1v) is 8.57. The summed E-state index contributed by atoms with van der Waals surface area (Å²) < 4.78 is 11.3. The minimum absolute atomic E-state index is 0.104. The van der Waals surface area contributed by atoms with Gasteiger partial charge in [-0.2, -0.15) is 0 Å². The third kappa shape index (κ3) is 3.88. The molecule has 2 aromatic carbocycles. The topological polar surface area (TPSA) is 47.6 Å². The van der Waals surface area contributed by atoms with E-state index in [0.29, 0.717) is 13.0 Å². The molecule has 0 aliphatic rings. The van der Waals surface area contributed by atoms with Crippen molar-refractivity contribution in [3.8, 4) is 5.75 Å². The second kappa shape index (κ2) is 8.15. The van der Waals surface area contributed by atoms with Gasteiger partial charge in [0.2, 0.25) is 0 Å². The molecule has 0 unspecified atom stereocenters. The van der Waals surface area contributed by atoms with E-state index in [9.17, 15) is 4.79 Å². The summed E-state index contributed by atoms with van der Waals surface area (Å²) in [5.41, 5.74) is -0.0370. The lowest BCUT2D eigenvalue weighted by Crippen LogP contribution is -2.43. The molecular formula is C20H27NO3. The summed E-state index contributed by atoms with van der Waals surface area (Å²) in [6, 6.07) is 11.6. The first kappa shape index (κ1) is 18.3. The Balaban J connectivity index is 2.32. The molecule has 0 saturated heterocycles. The van der Waals surface area contributed by atoms with Crippen molar-refractivity contribution in [2.45, 2.75) is 45.6 Å². The lowest BCUT2D eigenvalue weighted by Gasteiger charge is -2.28. The Morgan fingerprint density at radius 2 is 1.79 bits per heavy atom. The van der Waals surface area contributed by atoms with Crippen molar-refractivity contribution >= 4 is 22.4 Å². The predicted molar refractivity (Wildman–Crippen MR) is 98.7 cm³/mol. The van der Waals surface area contributed by atoms with Crippen LogP contribution in [0, 0.1) is 0 Å². The SMILES string of the molecule is CCCO[C@@](C)(CCC)C(=O)Nc1ccc(OC)c2ccccc12. The maximum absolute atomic E-state index is 12.9. The van der Waals surface area contributed by atoms with E-state index in [-0.39, 0.29) is 5.91 Å². The van der Waals surface area contributed by atoms with E-state index in [1.807, 2.05) is 50.2 Å². The Labute approximate surface area is 144 Å². The van der Waals surface area contributed by atoms with Crippen molar-refractivity contribution in [3.05, 3.63) is 36.4 Å². The number of rotatable bonds is 8. The summed E-state index contributed by atoms with van der Waals surface area (Å²) in [4.78, 5) is 12.9. The Kier molecular flexibility index (Phi) is 6.21. The molecule has 4 heteroatoms. The molecule has 0 spiro atoms. The van der Waals surface area contributed by atoms with E-state index >= 15 is 0 Å². The van der Waals surface area contributed by atoms with Crippen LogP contribution in [0.15, 0.2) is 36.4 Å². The van der Waals surface area contributed by atoms with Gasteiger partial charge in [-0.3, -0.25) is 4.79 Å². The Morgan fingerprint density at radius 3 is 2.42 bits per heavy atom. The first-order chi connectivity index (χ1) is 11.6. The number of fused-ring (bicyclic) bond motifs is 1. The molecule has 24 heavy (non-hydrogen) atoms. The molecular weight excluding hydrogens is 302 g/mol. The van der Waals surface area contributed by atoms with Crippen LogP contribution in [0.4, 0.5) is 5.69 Å². The van der Waals surface area contributed by atoms with Gasteiger partial charge in [-0.05, 0) is 31.9 Å². The second-order valence-corrected chi connectivity index (χ2v) is 6.14. The predicted octanol–water partition coefficient (Wildman–Crippen LogP) is 4.77. The largest absolute Gasteiger partial charge is 0.496 e. The molecule has 0 saturated carbocycles. The normalized spacial score (nSPS) is 13.5. The van der Waals surface area contributed by atoms with Gasteiger partial charge in [0.1, 0.15) is 11.4 Å². The zero-order valence-electron chi connectivity index (χ0n) is 15.0. The Hall–Kier alpha value is -2.07. The van der Waals surface area contributed by atoms with Crippen LogP contribution in [0.5, 0.6) is 5.75 Å². The monoisotopic (exact) mass is 329 g/mol. The van der Waals surface area contributed by atoms with Crippen molar-refractivity contribution in [1.82, 2.24) is 0 Å². The van der Waals surface area contributed by atoms with Crippen molar-refractivity contribution in [3.63, 3.8) is 0 Å². The average molecular weight is 329 g/mol. The first-order valence-electron chi connectivity index (χ1n) is 8.57. The summed E-state index contributed by atoms with van der Waals surface area (Å²) in [7, 11) is 1.65. The van der Waals surface area contributed by atoms with Gasteiger partial charge < -0.3 is 14.8 Å². The number of benzene rings is 2. The second-order valence-electron chi connectivity index (χ2n) is 6.14. The lowest BCUT2D eigenvalue weighted by molar-refractivity contribution is -0.140. The van der Waals surface area contributed by atoms with E-state index in [4.69, 9.17) is 9.47 Å². The van der Waals surface area contributed by atoms with Crippen LogP contribution in [-0.2, 0) is 9.53 Å². The van der Waals surface area contributed by atoms with Crippen LogP contribution in [0.1, 0.15) is 40.0 Å². The molecule has 2 aromatic rings. The summed E-state index contributed by atoms with van der Waals surface area (Å²) >= 11 is 0. The molecule has 1 amide bonds. The number of hydrogen-bond donors (Lipinski definition) is 1. The number of ether oxygens (including phenoxy) is 2. The van der Waals surface area contributed by atoms with Crippen molar-refractivity contribution < 1.29 is 14.3 Å². The van der Waals surface area contributed by atoms with E-state index in [1.54, 1.807) is 7.11 Å². The third-order valence-electron chi connectivity index (χ3n) is 4.18.